The fourth-order valence-corrected chi connectivity index (χ4v) is 5.72. The molecule has 4 fully saturated rings. The van der Waals surface area contributed by atoms with E-state index in [1.165, 1.54) is 19.3 Å². The van der Waals surface area contributed by atoms with Crippen molar-refractivity contribution in [2.24, 2.45) is 23.2 Å². The number of carbonyl (C=O) groups is 1. The highest BCUT2D eigenvalue weighted by molar-refractivity contribution is 7.88. The van der Waals surface area contributed by atoms with E-state index in [9.17, 15) is 22.0 Å². The number of ether oxygens (including phenoxy) is 1. The summed E-state index contributed by atoms with van der Waals surface area (Å²) in [5.41, 5.74) is 0.0877. The molecule has 5 nitrogen and oxygen atoms in total. The van der Waals surface area contributed by atoms with Crippen LogP contribution >= 0.6 is 0 Å². The molecule has 0 spiro atoms. The van der Waals surface area contributed by atoms with Gasteiger partial charge in [0.2, 0.25) is 0 Å². The third-order valence-corrected chi connectivity index (χ3v) is 7.04. The zero-order valence-corrected chi connectivity index (χ0v) is 13.9. The Morgan fingerprint density at radius 2 is 1.61 bits per heavy atom. The minimum atomic E-state index is -5.28. The summed E-state index contributed by atoms with van der Waals surface area (Å²) in [5, 5.41) is -4.66. The molecule has 0 saturated heterocycles. The minimum Gasteiger partial charge on any atom is -0.460 e. The van der Waals surface area contributed by atoms with Crippen molar-refractivity contribution < 1.29 is 30.9 Å². The van der Waals surface area contributed by atoms with Crippen molar-refractivity contribution in [3.8, 4) is 0 Å². The van der Waals surface area contributed by atoms with E-state index >= 15 is 0 Å². The highest BCUT2D eigenvalue weighted by atomic mass is 32.2. The molecule has 23 heavy (non-hydrogen) atoms. The summed E-state index contributed by atoms with van der Waals surface area (Å²) in [6, 6.07) is 0. The predicted octanol–water partition coefficient (Wildman–Crippen LogP) is 2.71. The third-order valence-electron chi connectivity index (χ3n) is 5.80. The molecule has 0 aliphatic heterocycles. The Morgan fingerprint density at radius 1 is 1.13 bits per heavy atom. The van der Waals surface area contributed by atoms with Crippen molar-refractivity contribution >= 4 is 16.1 Å². The molecular formula is C15H22F2O5S. The Kier molecular flexibility index (Phi) is 4.20. The molecule has 4 bridgehead atoms. The molecule has 132 valence electrons. The van der Waals surface area contributed by atoms with E-state index in [1.54, 1.807) is 0 Å². The average Bonchev–Trinajstić information content (AvgIpc) is 2.45. The van der Waals surface area contributed by atoms with Crippen LogP contribution in [0.5, 0.6) is 0 Å². The van der Waals surface area contributed by atoms with E-state index in [0.717, 1.165) is 19.3 Å². The summed E-state index contributed by atoms with van der Waals surface area (Å²) >= 11 is 0. The molecule has 0 aromatic heterocycles. The monoisotopic (exact) mass is 352 g/mol. The second kappa shape index (κ2) is 5.65. The minimum absolute atomic E-state index is 0.0877. The van der Waals surface area contributed by atoms with Gasteiger partial charge in [0.15, 0.2) is 0 Å². The molecule has 0 aromatic carbocycles. The first kappa shape index (κ1) is 17.1. The number of hydrogen-bond donors (Lipinski definition) is 0. The Morgan fingerprint density at radius 3 is 2.04 bits per heavy atom. The van der Waals surface area contributed by atoms with E-state index in [0.29, 0.717) is 31.3 Å². The summed E-state index contributed by atoms with van der Waals surface area (Å²) in [6.07, 6.45) is 7.55. The molecule has 0 amide bonds. The van der Waals surface area contributed by atoms with Crippen LogP contribution in [0.1, 0.15) is 44.9 Å². The van der Waals surface area contributed by atoms with Gasteiger partial charge in [0, 0.05) is 0 Å². The Labute approximate surface area is 134 Å². The fraction of sp³-hybridized carbons (Fsp3) is 0.933. The Hall–Kier alpha value is -0.760. The van der Waals surface area contributed by atoms with Crippen molar-refractivity contribution in [3.63, 3.8) is 0 Å². The predicted molar refractivity (Wildman–Crippen MR) is 77.1 cm³/mol. The number of rotatable bonds is 6. The zero-order valence-electron chi connectivity index (χ0n) is 13.1. The smallest absolute Gasteiger partial charge is 0.460 e. The second-order valence-corrected chi connectivity index (χ2v) is 9.20. The van der Waals surface area contributed by atoms with Gasteiger partial charge >= 0.3 is 21.3 Å². The molecule has 4 saturated carbocycles. The van der Waals surface area contributed by atoms with Crippen molar-refractivity contribution in [2.75, 3.05) is 13.7 Å². The molecule has 0 aromatic rings. The molecule has 0 heterocycles. The average molecular weight is 352 g/mol. The quantitative estimate of drug-likeness (QED) is 0.543. The summed E-state index contributed by atoms with van der Waals surface area (Å²) in [6.45, 7) is -0.167. The summed E-state index contributed by atoms with van der Waals surface area (Å²) in [5.74, 6) is 0.0934. The highest BCUT2D eigenvalue weighted by Gasteiger charge is 2.56. The number of halogens is 2. The zero-order chi connectivity index (χ0) is 16.9. The van der Waals surface area contributed by atoms with Crippen LogP contribution in [-0.4, -0.2) is 33.4 Å². The first-order chi connectivity index (χ1) is 10.7. The molecule has 4 rings (SSSR count). The largest absolute Gasteiger partial charge is 0.466 e. The van der Waals surface area contributed by atoms with Crippen molar-refractivity contribution in [2.45, 2.75) is 50.2 Å². The Bertz CT molecular complexity index is 551. The highest BCUT2D eigenvalue weighted by Crippen LogP contribution is 2.61. The molecule has 0 radical (unpaired) electrons. The van der Waals surface area contributed by atoms with Gasteiger partial charge in [0.05, 0.1) is 13.7 Å². The van der Waals surface area contributed by atoms with Crippen molar-refractivity contribution in [1.29, 1.82) is 0 Å². The topological polar surface area (TPSA) is 69.7 Å². The lowest BCUT2D eigenvalue weighted by atomic mass is 9.49. The van der Waals surface area contributed by atoms with E-state index in [1.807, 2.05) is 0 Å². The molecular weight excluding hydrogens is 330 g/mol. The Balaban J connectivity index is 1.57. The van der Waals surface area contributed by atoms with Crippen LogP contribution in [0.2, 0.25) is 0 Å². The number of alkyl halides is 2. The van der Waals surface area contributed by atoms with Crippen LogP contribution in [0.25, 0.3) is 0 Å². The maximum Gasteiger partial charge on any atom is 0.466 e. The SMILES string of the molecule is COS(=O)(=O)C(F)(F)C(=O)OCCC12CC3CC(CC(C3)C1)C2. The van der Waals surface area contributed by atoms with E-state index in [4.69, 9.17) is 0 Å². The fourth-order valence-electron chi connectivity index (χ4n) is 5.25. The lowest BCUT2D eigenvalue weighted by Crippen LogP contribution is -2.47. The molecule has 4 aliphatic rings. The van der Waals surface area contributed by atoms with Gasteiger partial charge < -0.3 is 4.74 Å². The van der Waals surface area contributed by atoms with Crippen LogP contribution in [0.3, 0.4) is 0 Å². The van der Waals surface area contributed by atoms with Crippen LogP contribution in [0.4, 0.5) is 8.78 Å². The van der Waals surface area contributed by atoms with Gasteiger partial charge in [-0.1, -0.05) is 0 Å². The van der Waals surface area contributed by atoms with Crippen molar-refractivity contribution in [1.82, 2.24) is 0 Å². The van der Waals surface area contributed by atoms with Crippen LogP contribution in [-0.2, 0) is 23.8 Å². The first-order valence-corrected chi connectivity index (χ1v) is 9.43. The lowest BCUT2D eigenvalue weighted by molar-refractivity contribution is -0.163. The third kappa shape index (κ3) is 2.99. The maximum absolute atomic E-state index is 13.5. The maximum atomic E-state index is 13.5. The number of esters is 1. The van der Waals surface area contributed by atoms with Gasteiger partial charge in [0.25, 0.3) is 0 Å². The molecule has 8 heteroatoms. The van der Waals surface area contributed by atoms with Crippen LogP contribution in [0.15, 0.2) is 0 Å². The van der Waals surface area contributed by atoms with Gasteiger partial charge in [-0.2, -0.15) is 17.2 Å². The van der Waals surface area contributed by atoms with Gasteiger partial charge in [-0.05, 0) is 68.1 Å². The standard InChI is InChI=1S/C15H22F2O5S/c1-21-23(19,20)15(16,17)13(18)22-3-2-14-7-10-4-11(8-14)6-12(5-10)9-14/h10-12H,2-9H2,1H3. The van der Waals surface area contributed by atoms with Crippen molar-refractivity contribution in [3.05, 3.63) is 0 Å². The summed E-state index contributed by atoms with van der Waals surface area (Å²) in [7, 11) is -4.69. The van der Waals surface area contributed by atoms with Gasteiger partial charge in [0.1, 0.15) is 0 Å². The summed E-state index contributed by atoms with van der Waals surface area (Å²) in [4.78, 5) is 11.4. The van der Waals surface area contributed by atoms with E-state index in [-0.39, 0.29) is 12.0 Å². The molecule has 0 N–H and O–H groups in total. The second-order valence-electron chi connectivity index (χ2n) is 7.44. The van der Waals surface area contributed by atoms with Crippen LogP contribution in [0, 0.1) is 23.2 Å². The van der Waals surface area contributed by atoms with Gasteiger partial charge in [-0.3, -0.25) is 4.18 Å². The number of carbonyl (C=O) groups excluding carboxylic acids is 1. The molecule has 4 aliphatic carbocycles. The normalized spacial score (nSPS) is 36.2. The van der Waals surface area contributed by atoms with E-state index in [2.05, 4.69) is 8.92 Å². The molecule has 0 atom stereocenters. The van der Waals surface area contributed by atoms with Crippen LogP contribution < -0.4 is 0 Å². The first-order valence-electron chi connectivity index (χ1n) is 8.03. The number of hydrogen-bond acceptors (Lipinski definition) is 5. The lowest BCUT2D eigenvalue weighted by Gasteiger charge is -2.57. The molecule has 0 unspecified atom stereocenters. The summed E-state index contributed by atoms with van der Waals surface area (Å²) < 4.78 is 57.4. The van der Waals surface area contributed by atoms with Gasteiger partial charge in [-0.25, -0.2) is 4.79 Å². The van der Waals surface area contributed by atoms with Gasteiger partial charge in [-0.15, -0.1) is 0 Å². The van der Waals surface area contributed by atoms with E-state index < -0.39 is 21.3 Å².